The number of carbonyl (C=O) groups excluding carboxylic acids is 1. The molecule has 2 unspecified atom stereocenters. The molecule has 0 radical (unpaired) electrons. The summed E-state index contributed by atoms with van der Waals surface area (Å²) in [5.41, 5.74) is 2.98. The Balaban J connectivity index is 1.81. The first-order chi connectivity index (χ1) is 12.0. The fourth-order valence-corrected chi connectivity index (χ4v) is 2.64. The van der Waals surface area contributed by atoms with Crippen molar-refractivity contribution in [2.45, 2.75) is 32.8 Å². The van der Waals surface area contributed by atoms with Crippen molar-refractivity contribution in [1.29, 1.82) is 0 Å². The second-order valence-electron chi connectivity index (χ2n) is 6.48. The molecule has 0 bridgehead atoms. The van der Waals surface area contributed by atoms with E-state index >= 15 is 0 Å². The summed E-state index contributed by atoms with van der Waals surface area (Å²) in [6, 6.07) is 15.4. The molecule has 0 fully saturated rings. The summed E-state index contributed by atoms with van der Waals surface area (Å²) in [6.45, 7) is 4.61. The number of rotatable bonds is 8. The van der Waals surface area contributed by atoms with E-state index in [1.54, 1.807) is 0 Å². The Morgan fingerprint density at radius 2 is 1.88 bits per heavy atom. The van der Waals surface area contributed by atoms with Crippen LogP contribution in [0.1, 0.15) is 36.1 Å². The molecule has 2 aromatic carbocycles. The quantitative estimate of drug-likeness (QED) is 0.740. The Hall–Kier alpha value is -2.33. The van der Waals surface area contributed by atoms with Crippen molar-refractivity contribution in [3.8, 4) is 5.75 Å². The maximum Gasteiger partial charge on any atom is 0.309 e. The minimum Gasteiger partial charge on any atom is -0.493 e. The molecule has 2 atom stereocenters. The van der Waals surface area contributed by atoms with Gasteiger partial charge in [0.25, 0.3) is 0 Å². The van der Waals surface area contributed by atoms with E-state index < -0.39 is 6.10 Å². The second kappa shape index (κ2) is 9.23. The third-order valence-corrected chi connectivity index (χ3v) is 4.09. The molecule has 0 spiro atoms. The molecular weight excluding hydrogens is 316 g/mol. The Bertz CT molecular complexity index is 679. The molecule has 134 valence electrons. The van der Waals surface area contributed by atoms with Crippen LogP contribution in [0.15, 0.2) is 48.5 Å². The zero-order valence-electron chi connectivity index (χ0n) is 15.1. The molecule has 0 aliphatic heterocycles. The molecule has 25 heavy (non-hydrogen) atoms. The summed E-state index contributed by atoms with van der Waals surface area (Å²) in [5, 5.41) is 10.4. The number of aryl methyl sites for hydroxylation is 1. The lowest BCUT2D eigenvalue weighted by Gasteiger charge is -2.18. The van der Waals surface area contributed by atoms with E-state index in [0.717, 1.165) is 22.4 Å². The predicted octanol–water partition coefficient (Wildman–Crippen LogP) is 3.85. The van der Waals surface area contributed by atoms with Gasteiger partial charge in [0.2, 0.25) is 0 Å². The van der Waals surface area contributed by atoms with E-state index in [2.05, 4.69) is 11.7 Å². The standard InChI is InChI=1S/C21H26O4/c1-15-5-4-6-18(11-15)20(22)12-16(2)14-25-19-9-7-17(8-10-19)13-21(23)24-3/h4-11,16,20,22H,12-14H2,1-3H3. The smallest absolute Gasteiger partial charge is 0.309 e. The molecule has 0 amide bonds. The zero-order valence-corrected chi connectivity index (χ0v) is 15.1. The molecule has 0 aromatic heterocycles. The maximum absolute atomic E-state index is 11.2. The summed E-state index contributed by atoms with van der Waals surface area (Å²) in [4.78, 5) is 11.2. The highest BCUT2D eigenvalue weighted by Gasteiger charge is 2.13. The van der Waals surface area contributed by atoms with Crippen LogP contribution in [-0.4, -0.2) is 24.8 Å². The average molecular weight is 342 g/mol. The number of benzene rings is 2. The summed E-state index contributed by atoms with van der Waals surface area (Å²) in [5.74, 6) is 0.711. The molecule has 1 N–H and O–H groups in total. The van der Waals surface area contributed by atoms with Crippen molar-refractivity contribution in [2.75, 3.05) is 13.7 Å². The lowest BCUT2D eigenvalue weighted by molar-refractivity contribution is -0.139. The van der Waals surface area contributed by atoms with Crippen LogP contribution in [0.25, 0.3) is 0 Å². The van der Waals surface area contributed by atoms with Crippen molar-refractivity contribution in [3.63, 3.8) is 0 Å². The molecule has 2 rings (SSSR count). The summed E-state index contributed by atoms with van der Waals surface area (Å²) >= 11 is 0. The summed E-state index contributed by atoms with van der Waals surface area (Å²) in [7, 11) is 1.38. The average Bonchev–Trinajstić information content (AvgIpc) is 2.61. The molecule has 0 aliphatic rings. The SMILES string of the molecule is COC(=O)Cc1ccc(OCC(C)CC(O)c2cccc(C)c2)cc1. The molecule has 0 saturated heterocycles. The number of ether oxygens (including phenoxy) is 2. The van der Waals surface area contributed by atoms with Crippen molar-refractivity contribution in [2.24, 2.45) is 5.92 Å². The summed E-state index contributed by atoms with van der Waals surface area (Å²) in [6.07, 6.45) is 0.417. The largest absolute Gasteiger partial charge is 0.493 e. The van der Waals surface area contributed by atoms with Crippen molar-refractivity contribution >= 4 is 5.97 Å². The van der Waals surface area contributed by atoms with Gasteiger partial charge < -0.3 is 14.6 Å². The molecule has 0 heterocycles. The highest BCUT2D eigenvalue weighted by atomic mass is 16.5. The first kappa shape index (κ1) is 19.0. The van der Waals surface area contributed by atoms with E-state index in [4.69, 9.17) is 4.74 Å². The fourth-order valence-electron chi connectivity index (χ4n) is 2.64. The summed E-state index contributed by atoms with van der Waals surface area (Å²) < 4.78 is 10.4. The van der Waals surface area contributed by atoms with Gasteiger partial charge in [-0.25, -0.2) is 0 Å². The van der Waals surface area contributed by atoms with Crippen LogP contribution in [0.2, 0.25) is 0 Å². The minimum absolute atomic E-state index is 0.213. The zero-order chi connectivity index (χ0) is 18.2. The fraction of sp³-hybridized carbons (Fsp3) is 0.381. The normalized spacial score (nSPS) is 13.1. The van der Waals surface area contributed by atoms with Gasteiger partial charge in [-0.2, -0.15) is 0 Å². The van der Waals surface area contributed by atoms with E-state index in [0.29, 0.717) is 13.0 Å². The highest BCUT2D eigenvalue weighted by Crippen LogP contribution is 2.23. The van der Waals surface area contributed by atoms with Gasteiger partial charge in [0.15, 0.2) is 0 Å². The van der Waals surface area contributed by atoms with Crippen molar-refractivity contribution < 1.29 is 19.4 Å². The number of esters is 1. The van der Waals surface area contributed by atoms with Gasteiger partial charge in [-0.1, -0.05) is 48.9 Å². The molecule has 2 aromatic rings. The third kappa shape index (κ3) is 6.24. The van der Waals surface area contributed by atoms with Gasteiger partial charge in [-0.15, -0.1) is 0 Å². The molecule has 0 aliphatic carbocycles. The Kier molecular flexibility index (Phi) is 7.02. The first-order valence-corrected chi connectivity index (χ1v) is 8.51. The van der Waals surface area contributed by atoms with Crippen LogP contribution in [0.3, 0.4) is 0 Å². The second-order valence-corrected chi connectivity index (χ2v) is 6.48. The van der Waals surface area contributed by atoms with E-state index in [9.17, 15) is 9.90 Å². The topological polar surface area (TPSA) is 55.8 Å². The third-order valence-electron chi connectivity index (χ3n) is 4.09. The molecule has 4 nitrogen and oxygen atoms in total. The van der Waals surface area contributed by atoms with Crippen LogP contribution in [0.5, 0.6) is 5.75 Å². The van der Waals surface area contributed by atoms with E-state index in [-0.39, 0.29) is 18.3 Å². The van der Waals surface area contributed by atoms with Crippen LogP contribution in [0.4, 0.5) is 0 Å². The number of hydrogen-bond acceptors (Lipinski definition) is 4. The van der Waals surface area contributed by atoms with Crippen molar-refractivity contribution in [3.05, 3.63) is 65.2 Å². The molecular formula is C21H26O4. The minimum atomic E-state index is -0.485. The van der Waals surface area contributed by atoms with E-state index in [1.165, 1.54) is 7.11 Å². The Labute approximate surface area is 149 Å². The number of hydrogen-bond donors (Lipinski definition) is 1. The van der Waals surface area contributed by atoms with Crippen LogP contribution in [0, 0.1) is 12.8 Å². The Morgan fingerprint density at radius 1 is 1.16 bits per heavy atom. The van der Waals surface area contributed by atoms with Gasteiger partial charge in [-0.05, 0) is 42.5 Å². The predicted molar refractivity (Wildman–Crippen MR) is 97.6 cm³/mol. The van der Waals surface area contributed by atoms with Gasteiger partial charge in [-0.3, -0.25) is 4.79 Å². The lowest BCUT2D eigenvalue weighted by Crippen LogP contribution is -2.13. The van der Waals surface area contributed by atoms with Crippen LogP contribution >= 0.6 is 0 Å². The Morgan fingerprint density at radius 3 is 2.52 bits per heavy atom. The van der Waals surface area contributed by atoms with Crippen LogP contribution in [-0.2, 0) is 16.0 Å². The number of aliphatic hydroxyl groups excluding tert-OH is 1. The van der Waals surface area contributed by atoms with Gasteiger partial charge >= 0.3 is 5.97 Å². The van der Waals surface area contributed by atoms with Crippen molar-refractivity contribution in [1.82, 2.24) is 0 Å². The van der Waals surface area contributed by atoms with Gasteiger partial charge in [0.1, 0.15) is 5.75 Å². The maximum atomic E-state index is 11.2. The number of aliphatic hydroxyl groups is 1. The van der Waals surface area contributed by atoms with E-state index in [1.807, 2.05) is 55.5 Å². The highest BCUT2D eigenvalue weighted by molar-refractivity contribution is 5.72. The first-order valence-electron chi connectivity index (χ1n) is 8.51. The van der Waals surface area contributed by atoms with Crippen LogP contribution < -0.4 is 4.74 Å². The molecule has 0 saturated carbocycles. The number of carbonyl (C=O) groups is 1. The van der Waals surface area contributed by atoms with Gasteiger partial charge in [0, 0.05) is 0 Å². The number of methoxy groups -OCH3 is 1. The lowest BCUT2D eigenvalue weighted by atomic mass is 9.98. The molecule has 4 heteroatoms. The van der Waals surface area contributed by atoms with Gasteiger partial charge in [0.05, 0.1) is 26.2 Å². The monoisotopic (exact) mass is 342 g/mol.